The summed E-state index contributed by atoms with van der Waals surface area (Å²) < 4.78 is 7.11. The lowest BCUT2D eigenvalue weighted by atomic mass is 10.1. The molecule has 3 heterocycles. The van der Waals surface area contributed by atoms with Crippen molar-refractivity contribution in [2.75, 3.05) is 4.43 Å². The van der Waals surface area contributed by atoms with E-state index in [1.807, 2.05) is 22.6 Å². The molecule has 122 valence electrons. The van der Waals surface area contributed by atoms with Crippen molar-refractivity contribution in [3.63, 3.8) is 0 Å². The summed E-state index contributed by atoms with van der Waals surface area (Å²) in [6.07, 6.45) is -2.62. The van der Waals surface area contributed by atoms with E-state index in [0.29, 0.717) is 5.82 Å². The number of aromatic amines is 1. The fourth-order valence-corrected chi connectivity index (χ4v) is 3.29. The number of aliphatic hydroxyl groups excluding tert-OH is 2. The van der Waals surface area contributed by atoms with E-state index < -0.39 is 29.7 Å². The highest BCUT2D eigenvalue weighted by Gasteiger charge is 2.54. The molecule has 2 aromatic heterocycles. The number of aliphatic hydroxyl groups is 2. The minimum absolute atomic E-state index is 0.0802. The van der Waals surface area contributed by atoms with Gasteiger partial charge < -0.3 is 19.9 Å². The van der Waals surface area contributed by atoms with Gasteiger partial charge in [-0.1, -0.05) is 27.7 Å². The Morgan fingerprint density at radius 1 is 1.65 bits per heavy atom. The maximum absolute atomic E-state index is 11.9. The molecule has 1 fully saturated rings. The number of hydrogen-bond acceptors (Lipinski definition) is 7. The van der Waals surface area contributed by atoms with E-state index in [4.69, 9.17) is 10.3 Å². The molecule has 0 aromatic carbocycles. The fourth-order valence-electron chi connectivity index (χ4n) is 2.51. The van der Waals surface area contributed by atoms with Crippen LogP contribution in [-0.2, 0) is 4.74 Å². The molecule has 2 aromatic rings. The molecule has 4 atom stereocenters. The molecule has 0 unspecified atom stereocenters. The van der Waals surface area contributed by atoms with E-state index in [2.05, 4.69) is 25.0 Å². The third kappa shape index (κ3) is 2.38. The minimum Gasteiger partial charge on any atom is -0.387 e. The minimum atomic E-state index is -1.60. The highest BCUT2D eigenvalue weighted by molar-refractivity contribution is 14.1. The largest absolute Gasteiger partial charge is 0.387 e. The Hall–Kier alpha value is -1.73. The molecular formula is C11H12IN7O4. The number of aryl methyl sites for hydroxylation is 1. The predicted molar refractivity (Wildman–Crippen MR) is 85.8 cm³/mol. The van der Waals surface area contributed by atoms with Gasteiger partial charge in [-0.15, -0.1) is 0 Å². The molecule has 0 radical (unpaired) electrons. The van der Waals surface area contributed by atoms with Gasteiger partial charge in [0.2, 0.25) is 0 Å². The second-order valence-corrected chi connectivity index (χ2v) is 5.85. The molecule has 0 amide bonds. The lowest BCUT2D eigenvalue weighted by Gasteiger charge is -2.23. The number of aromatic nitrogens is 4. The summed E-state index contributed by atoms with van der Waals surface area (Å²) in [5.74, 6) is 0.368. The Morgan fingerprint density at radius 3 is 3.04 bits per heavy atom. The monoisotopic (exact) mass is 433 g/mol. The average molecular weight is 433 g/mol. The topological polar surface area (TPSA) is 162 Å². The van der Waals surface area contributed by atoms with Crippen molar-refractivity contribution in [3.8, 4) is 0 Å². The second kappa shape index (κ2) is 5.72. The first-order chi connectivity index (χ1) is 10.9. The highest BCUT2D eigenvalue weighted by atomic mass is 127. The van der Waals surface area contributed by atoms with Crippen molar-refractivity contribution >= 4 is 33.8 Å². The van der Waals surface area contributed by atoms with Crippen LogP contribution in [0.2, 0.25) is 0 Å². The smallest absolute Gasteiger partial charge is 0.279 e. The number of hydrogen-bond donors (Lipinski definition) is 3. The maximum atomic E-state index is 11.9. The number of halogens is 1. The van der Waals surface area contributed by atoms with Crippen molar-refractivity contribution in [1.29, 1.82) is 0 Å². The Morgan fingerprint density at radius 2 is 2.39 bits per heavy atom. The zero-order valence-electron chi connectivity index (χ0n) is 11.8. The molecule has 23 heavy (non-hydrogen) atoms. The first-order valence-corrected chi connectivity index (χ1v) is 8.05. The second-order valence-electron chi connectivity index (χ2n) is 5.09. The lowest BCUT2D eigenvalue weighted by Crippen LogP contribution is -2.42. The van der Waals surface area contributed by atoms with E-state index in [1.165, 1.54) is 10.9 Å². The van der Waals surface area contributed by atoms with Gasteiger partial charge in [-0.2, -0.15) is 0 Å². The highest BCUT2D eigenvalue weighted by Crippen LogP contribution is 2.40. The fraction of sp³-hybridized carbons (Fsp3) is 0.545. The third-order valence-electron chi connectivity index (χ3n) is 3.63. The van der Waals surface area contributed by atoms with Gasteiger partial charge in [0.1, 0.15) is 18.0 Å². The Balaban J connectivity index is 2.13. The van der Waals surface area contributed by atoms with Crippen LogP contribution in [-0.4, -0.2) is 52.1 Å². The first kappa shape index (κ1) is 16.1. The molecule has 1 aliphatic rings. The Labute approximate surface area is 142 Å². The quantitative estimate of drug-likeness (QED) is 0.205. The Kier molecular flexibility index (Phi) is 4.01. The van der Waals surface area contributed by atoms with Crippen LogP contribution < -0.4 is 5.56 Å². The summed E-state index contributed by atoms with van der Waals surface area (Å²) in [6, 6.07) is 0. The van der Waals surface area contributed by atoms with Crippen molar-refractivity contribution < 1.29 is 14.9 Å². The van der Waals surface area contributed by atoms with Crippen LogP contribution >= 0.6 is 22.6 Å². The van der Waals surface area contributed by atoms with Gasteiger partial charge in [0.25, 0.3) is 5.56 Å². The van der Waals surface area contributed by atoms with Gasteiger partial charge in [-0.25, -0.2) is 9.97 Å². The summed E-state index contributed by atoms with van der Waals surface area (Å²) in [4.78, 5) is 25.2. The molecule has 12 heteroatoms. The summed E-state index contributed by atoms with van der Waals surface area (Å²) in [5.41, 5.74) is 6.95. The molecular weight excluding hydrogens is 421 g/mol. The van der Waals surface area contributed by atoms with Gasteiger partial charge >= 0.3 is 0 Å². The SMILES string of the molecule is Cc1nc2c(ncn2[C@@H]2O[C@@](CI)(N=[N+]=[N-])[C@@H](O)[C@H]2O)c(=O)[nH]1. The van der Waals surface area contributed by atoms with E-state index in [0.717, 1.165) is 0 Å². The summed E-state index contributed by atoms with van der Waals surface area (Å²) in [7, 11) is 0. The average Bonchev–Trinajstić information content (AvgIpc) is 3.03. The number of alkyl halides is 1. The number of imidazole rings is 1. The number of azide groups is 1. The zero-order valence-corrected chi connectivity index (χ0v) is 13.9. The van der Waals surface area contributed by atoms with Crippen LogP contribution in [0.25, 0.3) is 21.6 Å². The molecule has 0 bridgehead atoms. The van der Waals surface area contributed by atoms with E-state index in [9.17, 15) is 15.0 Å². The molecule has 1 saturated heterocycles. The number of nitrogens with one attached hydrogen (secondary N) is 1. The first-order valence-electron chi connectivity index (χ1n) is 6.53. The van der Waals surface area contributed by atoms with Gasteiger partial charge in [0.05, 0.1) is 6.33 Å². The number of rotatable bonds is 3. The molecule has 0 spiro atoms. The van der Waals surface area contributed by atoms with Gasteiger partial charge in [-0.3, -0.25) is 9.36 Å². The van der Waals surface area contributed by atoms with Crippen molar-refractivity contribution in [2.24, 2.45) is 5.11 Å². The van der Waals surface area contributed by atoms with Crippen LogP contribution in [0.15, 0.2) is 16.2 Å². The van der Waals surface area contributed by atoms with Gasteiger partial charge in [0, 0.05) is 9.34 Å². The summed E-state index contributed by atoms with van der Waals surface area (Å²) in [5, 5.41) is 24.0. The zero-order chi connectivity index (χ0) is 16.8. The Bertz CT molecular complexity index is 860. The molecule has 0 aliphatic carbocycles. The lowest BCUT2D eigenvalue weighted by molar-refractivity contribution is -0.0824. The van der Waals surface area contributed by atoms with Crippen LogP contribution in [0.5, 0.6) is 0 Å². The van der Waals surface area contributed by atoms with Crippen LogP contribution in [0.4, 0.5) is 0 Å². The van der Waals surface area contributed by atoms with E-state index in [-0.39, 0.29) is 15.6 Å². The van der Waals surface area contributed by atoms with Crippen molar-refractivity contribution in [3.05, 3.63) is 32.9 Å². The van der Waals surface area contributed by atoms with E-state index in [1.54, 1.807) is 6.92 Å². The number of ether oxygens (including phenoxy) is 1. The number of H-pyrrole nitrogens is 1. The summed E-state index contributed by atoms with van der Waals surface area (Å²) >= 11 is 1.89. The molecule has 3 N–H and O–H groups in total. The van der Waals surface area contributed by atoms with E-state index >= 15 is 0 Å². The maximum Gasteiger partial charge on any atom is 0.279 e. The van der Waals surface area contributed by atoms with Crippen molar-refractivity contribution in [2.45, 2.75) is 31.1 Å². The third-order valence-corrected chi connectivity index (χ3v) is 4.73. The van der Waals surface area contributed by atoms with Gasteiger partial charge in [-0.05, 0) is 12.5 Å². The van der Waals surface area contributed by atoms with Gasteiger partial charge in [0.15, 0.2) is 23.1 Å². The van der Waals surface area contributed by atoms with Crippen LogP contribution in [0.3, 0.4) is 0 Å². The molecule has 0 saturated carbocycles. The molecule has 1 aliphatic heterocycles. The van der Waals surface area contributed by atoms with Crippen molar-refractivity contribution in [1.82, 2.24) is 19.5 Å². The van der Waals surface area contributed by atoms with Crippen LogP contribution in [0, 0.1) is 6.92 Å². The molecule has 11 nitrogen and oxygen atoms in total. The van der Waals surface area contributed by atoms with Crippen LogP contribution in [0.1, 0.15) is 12.1 Å². The number of fused-ring (bicyclic) bond motifs is 1. The number of nitrogens with zero attached hydrogens (tertiary/aromatic N) is 6. The standard InChI is InChI=1S/C11H12IN7O4/c1-4-15-8-5(9(22)16-4)14-3-19(8)10-6(20)7(21)11(2-12,23-10)17-18-13/h3,6-7,10,20-21H,2H2,1H3,(H,15,16,22)/t6-,7+,10-,11-/m1/s1. The normalized spacial score (nSPS) is 30.5. The molecule has 3 rings (SSSR count). The summed E-state index contributed by atoms with van der Waals surface area (Å²) in [6.45, 7) is 1.61. The predicted octanol–water partition coefficient (Wildman–Crippen LogP) is 0.120.